The Morgan fingerprint density at radius 2 is 2.20 bits per heavy atom. The Morgan fingerprint density at radius 1 is 1.50 bits per heavy atom. The second-order valence-corrected chi connectivity index (χ2v) is 3.60. The van der Waals surface area contributed by atoms with Gasteiger partial charge in [0.15, 0.2) is 0 Å². The summed E-state index contributed by atoms with van der Waals surface area (Å²) in [5.74, 6) is 0.0483. The zero-order valence-corrected chi connectivity index (χ0v) is 6.08. The van der Waals surface area contributed by atoms with Crippen LogP contribution in [0.15, 0.2) is 16.8 Å². The first-order valence-electron chi connectivity index (χ1n) is 2.79. The van der Waals surface area contributed by atoms with Crippen molar-refractivity contribution in [2.24, 2.45) is 0 Å². The number of rotatable bonds is 2. The molecule has 0 aliphatic heterocycles. The molecule has 1 atom stereocenters. The third-order valence-corrected chi connectivity index (χ3v) is 2.53. The molecule has 54 valence electrons. The fourth-order valence-corrected chi connectivity index (χ4v) is 1.77. The first kappa shape index (κ1) is 7.75. The van der Waals surface area contributed by atoms with E-state index in [0.717, 1.165) is 0 Å². The van der Waals surface area contributed by atoms with E-state index in [9.17, 15) is 0 Å². The Morgan fingerprint density at radius 3 is 2.50 bits per heavy atom. The second kappa shape index (κ2) is 3.16. The van der Waals surface area contributed by atoms with Crippen LogP contribution >= 0.6 is 10.5 Å². The van der Waals surface area contributed by atoms with Crippen LogP contribution in [0.3, 0.4) is 0 Å². The van der Waals surface area contributed by atoms with E-state index in [1.807, 2.05) is 0 Å². The highest BCUT2D eigenvalue weighted by atomic mass is 32.2. The van der Waals surface area contributed by atoms with Crippen molar-refractivity contribution in [1.82, 2.24) is 0 Å². The van der Waals surface area contributed by atoms with Crippen molar-refractivity contribution in [3.63, 3.8) is 0 Å². The number of hydrogen-bond donors (Lipinski definition) is 3. The van der Waals surface area contributed by atoms with E-state index in [2.05, 4.69) is 0 Å². The van der Waals surface area contributed by atoms with Crippen LogP contribution in [-0.2, 0) is 5.94 Å². The van der Waals surface area contributed by atoms with E-state index < -0.39 is 7.12 Å². The van der Waals surface area contributed by atoms with Gasteiger partial charge in [0.1, 0.15) is 10.8 Å². The number of aliphatic hydroxyl groups excluding tert-OH is 1. The van der Waals surface area contributed by atoms with Crippen LogP contribution in [0.5, 0.6) is 0 Å². The number of thiophene rings is 1. The van der Waals surface area contributed by atoms with E-state index in [1.54, 1.807) is 16.8 Å². The van der Waals surface area contributed by atoms with Gasteiger partial charge in [-0.3, -0.25) is 0 Å². The van der Waals surface area contributed by atoms with Crippen molar-refractivity contribution < 1.29 is 15.2 Å². The van der Waals surface area contributed by atoms with Crippen LogP contribution in [0.1, 0.15) is 0 Å². The van der Waals surface area contributed by atoms with Crippen molar-refractivity contribution in [2.45, 2.75) is 5.94 Å². The Hall–Kier alpha value is -0.355. The summed E-state index contributed by atoms with van der Waals surface area (Å²) in [4.78, 5) is 0. The third kappa shape index (κ3) is 1.57. The molecule has 1 unspecified atom stereocenters. The standard InChI is InChI=1S/C5H8BO3S/c7-4-10-2-1-5(3-10)6(8)9/h1-3,7-9H,4H2/q+1. The van der Waals surface area contributed by atoms with Crippen LogP contribution in [-0.4, -0.2) is 22.3 Å². The molecule has 3 N–H and O–H groups in total. The molecule has 1 aromatic heterocycles. The summed E-state index contributed by atoms with van der Waals surface area (Å²) in [6.07, 6.45) is 0. The largest absolute Gasteiger partial charge is 0.493 e. The highest BCUT2D eigenvalue weighted by Gasteiger charge is 2.16. The maximum absolute atomic E-state index is 8.62. The van der Waals surface area contributed by atoms with Gasteiger partial charge in [-0.1, -0.05) is 0 Å². The minimum Gasteiger partial charge on any atom is -0.423 e. The van der Waals surface area contributed by atoms with Crippen molar-refractivity contribution in [2.75, 3.05) is 0 Å². The monoisotopic (exact) mass is 159 g/mol. The van der Waals surface area contributed by atoms with Gasteiger partial charge in [0.25, 0.3) is 0 Å². The molecule has 0 amide bonds. The van der Waals surface area contributed by atoms with Crippen LogP contribution in [0.25, 0.3) is 0 Å². The minimum atomic E-state index is -1.40. The molecule has 5 heteroatoms. The summed E-state index contributed by atoms with van der Waals surface area (Å²) in [6.45, 7) is 0. The zero-order chi connectivity index (χ0) is 7.56. The molecule has 1 heterocycles. The highest BCUT2D eigenvalue weighted by Crippen LogP contribution is 2.13. The van der Waals surface area contributed by atoms with E-state index in [0.29, 0.717) is 5.46 Å². The summed E-state index contributed by atoms with van der Waals surface area (Å²) in [7, 11) is -1.69. The van der Waals surface area contributed by atoms with E-state index in [1.165, 1.54) is 0 Å². The quantitative estimate of drug-likeness (QED) is 0.385. The van der Waals surface area contributed by atoms with E-state index in [-0.39, 0.29) is 16.4 Å². The topological polar surface area (TPSA) is 60.7 Å². The minimum absolute atomic E-state index is 0.0483. The SMILES string of the molecule is OC[s+]1ccc(B(O)O)c1. The first-order valence-corrected chi connectivity index (χ1v) is 4.31. The molecular weight excluding hydrogens is 151 g/mol. The van der Waals surface area contributed by atoms with Crippen LogP contribution in [0, 0.1) is 0 Å². The predicted molar refractivity (Wildman–Crippen MR) is 41.0 cm³/mol. The predicted octanol–water partition coefficient (Wildman–Crippen LogP) is -0.935. The molecule has 0 saturated carbocycles. The molecule has 0 spiro atoms. The molecular formula is C5H8BO3S+. The van der Waals surface area contributed by atoms with Crippen molar-refractivity contribution in [3.05, 3.63) is 16.8 Å². The highest BCUT2D eigenvalue weighted by molar-refractivity contribution is 7.28. The number of aliphatic hydroxyl groups is 1. The van der Waals surface area contributed by atoms with Crippen LogP contribution < -0.4 is 5.46 Å². The summed E-state index contributed by atoms with van der Waals surface area (Å²) in [5, 5.41) is 29.3. The summed E-state index contributed by atoms with van der Waals surface area (Å²) < 4.78 is 0. The second-order valence-electron chi connectivity index (χ2n) is 1.89. The van der Waals surface area contributed by atoms with Crippen LogP contribution in [0.2, 0.25) is 0 Å². The van der Waals surface area contributed by atoms with E-state index >= 15 is 0 Å². The van der Waals surface area contributed by atoms with Gasteiger partial charge in [-0.25, -0.2) is 0 Å². The lowest BCUT2D eigenvalue weighted by Crippen LogP contribution is -2.27. The lowest BCUT2D eigenvalue weighted by atomic mass is 9.83. The van der Waals surface area contributed by atoms with Gasteiger partial charge in [-0.15, -0.1) is 0 Å². The Balaban J connectivity index is 2.78. The summed E-state index contributed by atoms with van der Waals surface area (Å²) in [6, 6.07) is 1.62. The van der Waals surface area contributed by atoms with Crippen molar-refractivity contribution in [3.8, 4) is 0 Å². The zero-order valence-electron chi connectivity index (χ0n) is 5.27. The Bertz CT molecular complexity index is 210. The van der Waals surface area contributed by atoms with Gasteiger partial charge in [-0.05, 0) is 6.07 Å². The molecule has 0 aromatic carbocycles. The van der Waals surface area contributed by atoms with Gasteiger partial charge in [0.2, 0.25) is 5.94 Å². The Kier molecular flexibility index (Phi) is 2.45. The lowest BCUT2D eigenvalue weighted by molar-refractivity contribution is 0.323. The molecule has 1 aromatic rings. The fraction of sp³-hybridized carbons (Fsp3) is 0.200. The van der Waals surface area contributed by atoms with Gasteiger partial charge in [0, 0.05) is 15.9 Å². The van der Waals surface area contributed by atoms with E-state index in [4.69, 9.17) is 15.2 Å². The molecule has 0 saturated heterocycles. The maximum Gasteiger partial charge on any atom is 0.493 e. The van der Waals surface area contributed by atoms with Gasteiger partial charge in [-0.2, -0.15) is 0 Å². The molecule has 0 fully saturated rings. The van der Waals surface area contributed by atoms with Crippen molar-refractivity contribution >= 4 is 23.1 Å². The molecule has 0 aliphatic rings. The normalized spacial score (nSPS) is 11.7. The van der Waals surface area contributed by atoms with Gasteiger partial charge in [0.05, 0.1) is 0 Å². The molecule has 0 radical (unpaired) electrons. The molecule has 3 nitrogen and oxygen atoms in total. The maximum atomic E-state index is 8.62. The first-order chi connectivity index (χ1) is 4.74. The molecule has 0 aliphatic carbocycles. The number of hydrogen-bond acceptors (Lipinski definition) is 3. The fourth-order valence-electron chi connectivity index (χ4n) is 0.647. The third-order valence-electron chi connectivity index (χ3n) is 1.17. The van der Waals surface area contributed by atoms with Gasteiger partial charge >= 0.3 is 7.12 Å². The average Bonchev–Trinajstić information content (AvgIpc) is 2.34. The van der Waals surface area contributed by atoms with Crippen molar-refractivity contribution in [1.29, 1.82) is 0 Å². The molecule has 0 bridgehead atoms. The van der Waals surface area contributed by atoms with Crippen LogP contribution in [0.4, 0.5) is 0 Å². The lowest BCUT2D eigenvalue weighted by Gasteiger charge is -1.85. The smallest absolute Gasteiger partial charge is 0.423 e. The summed E-state index contributed by atoms with van der Waals surface area (Å²) in [5.41, 5.74) is 0.470. The summed E-state index contributed by atoms with van der Waals surface area (Å²) >= 11 is 0. The van der Waals surface area contributed by atoms with Gasteiger partial charge < -0.3 is 15.2 Å². The molecule has 10 heavy (non-hydrogen) atoms. The Labute approximate surface area is 61.7 Å². The average molecular weight is 159 g/mol. The molecule has 1 rings (SSSR count).